The summed E-state index contributed by atoms with van der Waals surface area (Å²) in [5.74, 6) is -1.32. The molecule has 6 nitrogen and oxygen atoms in total. The lowest BCUT2D eigenvalue weighted by Crippen LogP contribution is -2.15. The average Bonchev–Trinajstić information content (AvgIpc) is 2.47. The first-order valence-electron chi connectivity index (χ1n) is 6.16. The van der Waals surface area contributed by atoms with Crippen LogP contribution in [-0.2, 0) is 11.2 Å². The van der Waals surface area contributed by atoms with Crippen LogP contribution in [0.3, 0.4) is 0 Å². The topological polar surface area (TPSA) is 92.2 Å². The molecule has 0 fully saturated rings. The smallest absolute Gasteiger partial charge is 0.303 e. The molecular weight excluding hydrogens is 294 g/mol. The van der Waals surface area contributed by atoms with Crippen LogP contribution in [-0.4, -0.2) is 27.2 Å². The number of amides is 1. The number of nitrogens with one attached hydrogen (secondary N) is 1. The zero-order valence-corrected chi connectivity index (χ0v) is 11.7. The first-order valence-corrected chi connectivity index (χ1v) is 6.54. The van der Waals surface area contributed by atoms with E-state index in [0.29, 0.717) is 12.1 Å². The van der Waals surface area contributed by atoms with E-state index in [1.165, 1.54) is 12.1 Å². The maximum Gasteiger partial charge on any atom is 0.303 e. The van der Waals surface area contributed by atoms with E-state index in [0.717, 1.165) is 5.56 Å². The van der Waals surface area contributed by atoms with Crippen molar-refractivity contribution in [3.63, 3.8) is 0 Å². The Hall–Kier alpha value is -2.47. The number of hydrogen-bond donors (Lipinski definition) is 2. The molecule has 7 heteroatoms. The van der Waals surface area contributed by atoms with Gasteiger partial charge < -0.3 is 10.4 Å². The minimum absolute atomic E-state index is 0.00632. The number of carboxylic acid groups (broad SMARTS) is 1. The van der Waals surface area contributed by atoms with Gasteiger partial charge in [0.05, 0.1) is 0 Å². The van der Waals surface area contributed by atoms with Crippen molar-refractivity contribution >= 4 is 29.2 Å². The number of hydrogen-bond acceptors (Lipinski definition) is 4. The third-order valence-electron chi connectivity index (χ3n) is 2.74. The highest BCUT2D eigenvalue weighted by atomic mass is 35.5. The molecule has 2 N–H and O–H groups in total. The Morgan fingerprint density at radius 3 is 2.57 bits per heavy atom. The van der Waals surface area contributed by atoms with Gasteiger partial charge in [-0.05, 0) is 30.2 Å². The molecule has 0 aliphatic rings. The van der Waals surface area contributed by atoms with Crippen molar-refractivity contribution in [3.8, 4) is 0 Å². The molecule has 1 heterocycles. The Bertz CT molecular complexity index is 659. The number of rotatable bonds is 5. The number of halogens is 1. The van der Waals surface area contributed by atoms with Crippen LogP contribution in [0.2, 0.25) is 5.15 Å². The number of carboxylic acids is 1. The normalized spacial score (nSPS) is 10.1. The van der Waals surface area contributed by atoms with Gasteiger partial charge in [-0.25, -0.2) is 0 Å². The second-order valence-corrected chi connectivity index (χ2v) is 4.63. The molecule has 2 rings (SSSR count). The summed E-state index contributed by atoms with van der Waals surface area (Å²) in [6.07, 6.45) is 0.325. The van der Waals surface area contributed by atoms with E-state index in [1.807, 2.05) is 0 Å². The zero-order chi connectivity index (χ0) is 15.2. The Labute approximate surface area is 125 Å². The van der Waals surface area contributed by atoms with Crippen LogP contribution in [0.15, 0.2) is 36.4 Å². The van der Waals surface area contributed by atoms with Crippen molar-refractivity contribution < 1.29 is 14.7 Å². The van der Waals surface area contributed by atoms with Gasteiger partial charge >= 0.3 is 5.97 Å². The van der Waals surface area contributed by atoms with Gasteiger partial charge in [0.15, 0.2) is 10.8 Å². The van der Waals surface area contributed by atoms with E-state index >= 15 is 0 Å². The number of carbonyl (C=O) groups is 2. The van der Waals surface area contributed by atoms with Crippen molar-refractivity contribution in [1.29, 1.82) is 0 Å². The molecule has 0 aliphatic carbocycles. The van der Waals surface area contributed by atoms with E-state index in [2.05, 4.69) is 15.5 Å². The quantitative estimate of drug-likeness (QED) is 0.885. The Morgan fingerprint density at radius 1 is 1.14 bits per heavy atom. The van der Waals surface area contributed by atoms with Crippen molar-refractivity contribution in [2.24, 2.45) is 0 Å². The molecule has 0 saturated carbocycles. The number of nitrogens with zero attached hydrogens (tertiary/aromatic N) is 2. The van der Waals surface area contributed by atoms with Crippen LogP contribution >= 0.6 is 11.6 Å². The molecule has 0 spiro atoms. The highest BCUT2D eigenvalue weighted by Gasteiger charge is 2.11. The standard InChI is InChI=1S/C14H12ClN3O3/c15-12-7-6-11(17-18-12)14(21)16-10-4-2-1-3-9(10)5-8-13(19)20/h1-4,6-7H,5,8H2,(H,16,21)(H,19,20). The van der Waals surface area contributed by atoms with Crippen LogP contribution in [0.25, 0.3) is 0 Å². The summed E-state index contributed by atoms with van der Waals surface area (Å²) in [5.41, 5.74) is 1.43. The summed E-state index contributed by atoms with van der Waals surface area (Å²) in [4.78, 5) is 22.7. The van der Waals surface area contributed by atoms with Crippen molar-refractivity contribution in [2.45, 2.75) is 12.8 Å². The van der Waals surface area contributed by atoms with E-state index in [1.54, 1.807) is 24.3 Å². The molecule has 0 radical (unpaired) electrons. The van der Waals surface area contributed by atoms with Gasteiger partial charge in [0.1, 0.15) is 0 Å². The molecule has 1 amide bonds. The molecule has 1 aromatic carbocycles. The predicted octanol–water partition coefficient (Wildman–Crippen LogP) is 2.40. The van der Waals surface area contributed by atoms with Gasteiger partial charge in [0.2, 0.25) is 0 Å². The SMILES string of the molecule is O=C(O)CCc1ccccc1NC(=O)c1ccc(Cl)nn1. The number of aryl methyl sites for hydroxylation is 1. The highest BCUT2D eigenvalue weighted by Crippen LogP contribution is 2.17. The number of aliphatic carboxylic acids is 1. The Kier molecular flexibility index (Phi) is 4.84. The summed E-state index contributed by atoms with van der Waals surface area (Å²) in [7, 11) is 0. The lowest BCUT2D eigenvalue weighted by molar-refractivity contribution is -0.136. The largest absolute Gasteiger partial charge is 0.481 e. The van der Waals surface area contributed by atoms with Gasteiger partial charge in [-0.2, -0.15) is 0 Å². The maximum absolute atomic E-state index is 12.0. The van der Waals surface area contributed by atoms with Crippen molar-refractivity contribution in [2.75, 3.05) is 5.32 Å². The zero-order valence-electron chi connectivity index (χ0n) is 10.9. The van der Waals surface area contributed by atoms with E-state index in [-0.39, 0.29) is 17.3 Å². The van der Waals surface area contributed by atoms with Gasteiger partial charge in [-0.3, -0.25) is 9.59 Å². The van der Waals surface area contributed by atoms with Gasteiger partial charge in [0, 0.05) is 12.1 Å². The molecular formula is C14H12ClN3O3. The molecule has 108 valence electrons. The first-order chi connectivity index (χ1) is 10.1. The Morgan fingerprint density at radius 2 is 1.90 bits per heavy atom. The summed E-state index contributed by atoms with van der Waals surface area (Å²) in [5, 5.41) is 18.9. The van der Waals surface area contributed by atoms with Crippen molar-refractivity contribution in [3.05, 3.63) is 52.8 Å². The molecule has 0 unspecified atom stereocenters. The van der Waals surface area contributed by atoms with Gasteiger partial charge in [-0.15, -0.1) is 10.2 Å². The fourth-order valence-corrected chi connectivity index (χ4v) is 1.83. The summed E-state index contributed by atoms with van der Waals surface area (Å²) in [6.45, 7) is 0. The second kappa shape index (κ2) is 6.81. The molecule has 2 aromatic rings. The molecule has 0 aliphatic heterocycles. The fourth-order valence-electron chi connectivity index (χ4n) is 1.73. The van der Waals surface area contributed by atoms with Gasteiger partial charge in [-0.1, -0.05) is 29.8 Å². The Balaban J connectivity index is 2.13. The molecule has 21 heavy (non-hydrogen) atoms. The summed E-state index contributed by atoms with van der Waals surface area (Å²) < 4.78 is 0. The number of para-hydroxylation sites is 1. The maximum atomic E-state index is 12.0. The lowest BCUT2D eigenvalue weighted by atomic mass is 10.1. The molecule has 0 atom stereocenters. The molecule has 1 aromatic heterocycles. The van der Waals surface area contributed by atoms with E-state index in [4.69, 9.17) is 16.7 Å². The molecule has 0 bridgehead atoms. The first kappa shape index (κ1) is 14.9. The van der Waals surface area contributed by atoms with Crippen LogP contribution in [0.5, 0.6) is 0 Å². The monoisotopic (exact) mass is 305 g/mol. The summed E-state index contributed by atoms with van der Waals surface area (Å²) in [6, 6.07) is 9.96. The lowest BCUT2D eigenvalue weighted by Gasteiger charge is -2.09. The minimum atomic E-state index is -0.889. The number of carbonyl (C=O) groups excluding carboxylic acids is 1. The number of benzene rings is 1. The third-order valence-corrected chi connectivity index (χ3v) is 2.94. The second-order valence-electron chi connectivity index (χ2n) is 4.25. The number of anilines is 1. The minimum Gasteiger partial charge on any atom is -0.481 e. The van der Waals surface area contributed by atoms with Crippen molar-refractivity contribution in [1.82, 2.24) is 10.2 Å². The number of aromatic nitrogens is 2. The van der Waals surface area contributed by atoms with E-state index < -0.39 is 11.9 Å². The molecule has 0 saturated heterocycles. The fraction of sp³-hybridized carbons (Fsp3) is 0.143. The van der Waals surface area contributed by atoms with Gasteiger partial charge in [0.25, 0.3) is 5.91 Å². The van der Waals surface area contributed by atoms with Crippen LogP contribution < -0.4 is 5.32 Å². The van der Waals surface area contributed by atoms with Crippen LogP contribution in [0, 0.1) is 0 Å². The highest BCUT2D eigenvalue weighted by molar-refractivity contribution is 6.29. The predicted molar refractivity (Wildman–Crippen MR) is 77.4 cm³/mol. The average molecular weight is 306 g/mol. The third kappa shape index (κ3) is 4.25. The van der Waals surface area contributed by atoms with Crippen LogP contribution in [0.1, 0.15) is 22.5 Å². The van der Waals surface area contributed by atoms with E-state index in [9.17, 15) is 9.59 Å². The summed E-state index contributed by atoms with van der Waals surface area (Å²) >= 11 is 5.61. The van der Waals surface area contributed by atoms with Crippen LogP contribution in [0.4, 0.5) is 5.69 Å².